The third-order valence-electron chi connectivity index (χ3n) is 3.23. The molecule has 0 atom stereocenters. The Balaban J connectivity index is 2.60. The number of anilines is 1. The molecule has 0 aliphatic carbocycles. The lowest BCUT2D eigenvalue weighted by atomic mass is 10.2. The summed E-state index contributed by atoms with van der Waals surface area (Å²) in [5.74, 6) is 5.08. The molecule has 0 saturated carbocycles. The molecule has 23 heavy (non-hydrogen) atoms. The standard InChI is InChI=1S/C18H14ClNO2S/c1-3-16-7-4-5-8-18(16)20(14-6-13-19)23(21,22)17-11-9-15(2)10-12-17/h1,4-5,7-12H,14H2,2H3. The van der Waals surface area contributed by atoms with Gasteiger partial charge in [0.05, 0.1) is 17.1 Å². The fourth-order valence-corrected chi connectivity index (χ4v) is 3.50. The van der Waals surface area contributed by atoms with E-state index in [0.29, 0.717) is 11.3 Å². The molecule has 0 N–H and O–H groups in total. The van der Waals surface area contributed by atoms with Crippen molar-refractivity contribution in [2.75, 3.05) is 10.8 Å². The number of aryl methyl sites for hydroxylation is 1. The van der Waals surface area contributed by atoms with Crippen LogP contribution in [-0.2, 0) is 10.0 Å². The predicted molar refractivity (Wildman–Crippen MR) is 93.7 cm³/mol. The Morgan fingerprint density at radius 1 is 1.13 bits per heavy atom. The number of sulfonamides is 1. The van der Waals surface area contributed by atoms with Gasteiger partial charge in [-0.3, -0.25) is 4.31 Å². The quantitative estimate of drug-likeness (QED) is 0.798. The van der Waals surface area contributed by atoms with Gasteiger partial charge in [-0.25, -0.2) is 8.42 Å². The molecule has 3 nitrogen and oxygen atoms in total. The van der Waals surface area contributed by atoms with Crippen molar-refractivity contribution < 1.29 is 8.42 Å². The highest BCUT2D eigenvalue weighted by Crippen LogP contribution is 2.26. The fraction of sp³-hybridized carbons (Fsp3) is 0.111. The van der Waals surface area contributed by atoms with Crippen molar-refractivity contribution in [1.82, 2.24) is 0 Å². The van der Waals surface area contributed by atoms with E-state index in [1.807, 2.05) is 6.92 Å². The van der Waals surface area contributed by atoms with Crippen LogP contribution in [-0.4, -0.2) is 15.0 Å². The molecule has 116 valence electrons. The van der Waals surface area contributed by atoms with Gasteiger partial charge in [0.15, 0.2) is 0 Å². The summed E-state index contributed by atoms with van der Waals surface area (Å²) < 4.78 is 27.1. The number of nitrogens with zero attached hydrogens (tertiary/aromatic N) is 1. The maximum absolute atomic E-state index is 13.0. The smallest absolute Gasteiger partial charge is 0.253 e. The van der Waals surface area contributed by atoms with Crippen molar-refractivity contribution in [3.05, 3.63) is 59.7 Å². The van der Waals surface area contributed by atoms with E-state index in [4.69, 9.17) is 18.0 Å². The first-order chi connectivity index (χ1) is 11.0. The Labute approximate surface area is 142 Å². The third-order valence-corrected chi connectivity index (χ3v) is 5.13. The summed E-state index contributed by atoms with van der Waals surface area (Å²) in [5.41, 5.74) is 1.84. The van der Waals surface area contributed by atoms with E-state index in [-0.39, 0.29) is 11.4 Å². The second-order valence-electron chi connectivity index (χ2n) is 4.76. The van der Waals surface area contributed by atoms with Gasteiger partial charge >= 0.3 is 0 Å². The van der Waals surface area contributed by atoms with Crippen LogP contribution in [0.2, 0.25) is 0 Å². The Kier molecular flexibility index (Phi) is 5.34. The van der Waals surface area contributed by atoms with Crippen molar-refractivity contribution in [1.29, 1.82) is 0 Å². The van der Waals surface area contributed by atoms with Crippen LogP contribution in [0.15, 0.2) is 53.4 Å². The number of hydrogen-bond acceptors (Lipinski definition) is 2. The third kappa shape index (κ3) is 3.68. The summed E-state index contributed by atoms with van der Waals surface area (Å²) in [7, 11) is -3.80. The van der Waals surface area contributed by atoms with Gasteiger partial charge in [0, 0.05) is 10.9 Å². The molecule has 2 rings (SSSR count). The average molecular weight is 344 g/mol. The van der Waals surface area contributed by atoms with Gasteiger partial charge in [-0.05, 0) is 42.8 Å². The number of para-hydroxylation sites is 1. The Hall–Kier alpha value is -2.40. The molecule has 5 heteroatoms. The number of benzene rings is 2. The van der Waals surface area contributed by atoms with E-state index >= 15 is 0 Å². The minimum Gasteiger partial charge on any atom is -0.253 e. The van der Waals surface area contributed by atoms with Gasteiger partial charge in [-0.2, -0.15) is 0 Å². The molecule has 0 aromatic heterocycles. The summed E-state index contributed by atoms with van der Waals surface area (Å²) in [6.07, 6.45) is 5.49. The summed E-state index contributed by atoms with van der Waals surface area (Å²) >= 11 is 5.40. The summed E-state index contributed by atoms with van der Waals surface area (Å²) in [6.45, 7) is 1.80. The van der Waals surface area contributed by atoms with Crippen LogP contribution in [0.25, 0.3) is 0 Å². The van der Waals surface area contributed by atoms with Gasteiger partial charge < -0.3 is 0 Å². The SMILES string of the molecule is C#Cc1ccccc1N(CC#CCl)S(=O)(=O)c1ccc(C)cc1. The van der Waals surface area contributed by atoms with Crippen LogP contribution in [0.4, 0.5) is 5.69 Å². The molecule has 0 amide bonds. The lowest BCUT2D eigenvalue weighted by Crippen LogP contribution is -2.32. The van der Waals surface area contributed by atoms with Crippen molar-refractivity contribution >= 4 is 27.3 Å². The van der Waals surface area contributed by atoms with Crippen LogP contribution in [0.1, 0.15) is 11.1 Å². The molecule has 0 fully saturated rings. The first-order valence-electron chi connectivity index (χ1n) is 6.74. The average Bonchev–Trinajstić information content (AvgIpc) is 2.56. The zero-order valence-electron chi connectivity index (χ0n) is 12.5. The van der Waals surface area contributed by atoms with E-state index in [1.54, 1.807) is 48.5 Å². The Morgan fingerprint density at radius 3 is 2.39 bits per heavy atom. The van der Waals surface area contributed by atoms with E-state index in [0.717, 1.165) is 5.56 Å². The monoisotopic (exact) mass is 343 g/mol. The predicted octanol–water partition coefficient (Wildman–Crippen LogP) is 3.37. The van der Waals surface area contributed by atoms with Gasteiger partial charge in [0.1, 0.15) is 0 Å². The molecular weight excluding hydrogens is 330 g/mol. The molecule has 0 heterocycles. The highest BCUT2D eigenvalue weighted by atomic mass is 35.5. The van der Waals surface area contributed by atoms with E-state index < -0.39 is 10.0 Å². The number of terminal acetylenes is 1. The second kappa shape index (κ2) is 7.24. The molecule has 0 aliphatic heterocycles. The Morgan fingerprint density at radius 2 is 1.78 bits per heavy atom. The van der Waals surface area contributed by atoms with Crippen LogP contribution in [0.5, 0.6) is 0 Å². The minimum absolute atomic E-state index is 0.0849. The van der Waals surface area contributed by atoms with Crippen LogP contribution < -0.4 is 4.31 Å². The molecule has 2 aromatic carbocycles. The van der Waals surface area contributed by atoms with Crippen molar-refractivity contribution in [2.24, 2.45) is 0 Å². The van der Waals surface area contributed by atoms with Crippen molar-refractivity contribution in [3.8, 4) is 23.6 Å². The molecular formula is C18H14ClNO2S. The molecule has 2 aromatic rings. The van der Waals surface area contributed by atoms with Gasteiger partial charge in [-0.15, -0.1) is 6.42 Å². The first-order valence-corrected chi connectivity index (χ1v) is 8.56. The fourth-order valence-electron chi connectivity index (χ4n) is 2.05. The van der Waals surface area contributed by atoms with Crippen LogP contribution >= 0.6 is 11.6 Å². The molecule has 0 unspecified atom stereocenters. The molecule has 0 aliphatic rings. The van der Waals surface area contributed by atoms with Crippen LogP contribution in [0.3, 0.4) is 0 Å². The lowest BCUT2D eigenvalue weighted by molar-refractivity contribution is 0.593. The van der Waals surface area contributed by atoms with Crippen LogP contribution in [0, 0.1) is 30.6 Å². The molecule has 0 spiro atoms. The lowest BCUT2D eigenvalue weighted by Gasteiger charge is -2.23. The van der Waals surface area contributed by atoms with E-state index in [1.165, 1.54) is 4.31 Å². The van der Waals surface area contributed by atoms with Gasteiger partial charge in [-0.1, -0.05) is 41.7 Å². The number of hydrogen-bond donors (Lipinski definition) is 0. The summed E-state index contributed by atoms with van der Waals surface area (Å²) in [6, 6.07) is 13.4. The van der Waals surface area contributed by atoms with Crippen molar-refractivity contribution in [3.63, 3.8) is 0 Å². The van der Waals surface area contributed by atoms with Crippen molar-refractivity contribution in [2.45, 2.75) is 11.8 Å². The topological polar surface area (TPSA) is 37.4 Å². The Bertz CT molecular complexity index is 901. The summed E-state index contributed by atoms with van der Waals surface area (Å²) in [4.78, 5) is 0.172. The molecule has 0 saturated heterocycles. The number of halogens is 1. The number of rotatable bonds is 4. The zero-order chi connectivity index (χ0) is 16.9. The van der Waals surface area contributed by atoms with E-state index in [2.05, 4.69) is 17.2 Å². The van der Waals surface area contributed by atoms with Gasteiger partial charge in [0.2, 0.25) is 0 Å². The first kappa shape index (κ1) is 17.0. The highest BCUT2D eigenvalue weighted by Gasteiger charge is 2.25. The maximum Gasteiger partial charge on any atom is 0.265 e. The summed E-state index contributed by atoms with van der Waals surface area (Å²) in [5, 5.41) is 2.20. The normalized spacial score (nSPS) is 10.3. The highest BCUT2D eigenvalue weighted by molar-refractivity contribution is 7.92. The molecule has 0 radical (unpaired) electrons. The van der Waals surface area contributed by atoms with E-state index in [9.17, 15) is 8.42 Å². The maximum atomic E-state index is 13.0. The minimum atomic E-state index is -3.80. The second-order valence-corrected chi connectivity index (χ2v) is 6.81. The zero-order valence-corrected chi connectivity index (χ0v) is 14.0. The van der Waals surface area contributed by atoms with Gasteiger partial charge in [0.25, 0.3) is 10.0 Å². The molecule has 0 bridgehead atoms. The largest absolute Gasteiger partial charge is 0.265 e.